The fourth-order valence-corrected chi connectivity index (χ4v) is 6.56. The molecule has 0 radical (unpaired) electrons. The van der Waals surface area contributed by atoms with Gasteiger partial charge in [-0.3, -0.25) is 13.7 Å². The van der Waals surface area contributed by atoms with Gasteiger partial charge in [0.05, 0.1) is 23.6 Å². The number of ether oxygens (including phenoxy) is 1. The summed E-state index contributed by atoms with van der Waals surface area (Å²) in [6.07, 6.45) is 4.42. The van der Waals surface area contributed by atoms with E-state index in [0.717, 1.165) is 37.1 Å². The lowest BCUT2D eigenvalue weighted by atomic mass is 10.1. The number of fused-ring (bicyclic) bond motifs is 1. The first-order chi connectivity index (χ1) is 19.6. The minimum absolute atomic E-state index is 0.199. The molecule has 41 heavy (non-hydrogen) atoms. The first kappa shape index (κ1) is 28.8. The predicted molar refractivity (Wildman–Crippen MR) is 156 cm³/mol. The Balaban J connectivity index is 1.42. The van der Waals surface area contributed by atoms with Crippen LogP contribution in [-0.4, -0.2) is 49.1 Å². The van der Waals surface area contributed by atoms with E-state index in [1.807, 2.05) is 6.92 Å². The van der Waals surface area contributed by atoms with Gasteiger partial charge in [0, 0.05) is 28.6 Å². The molecule has 3 N–H and O–H groups in total. The van der Waals surface area contributed by atoms with Crippen molar-refractivity contribution in [2.75, 3.05) is 21.8 Å². The van der Waals surface area contributed by atoms with Gasteiger partial charge >= 0.3 is 0 Å². The van der Waals surface area contributed by atoms with Gasteiger partial charge in [0.1, 0.15) is 11.6 Å². The van der Waals surface area contributed by atoms with Crippen molar-refractivity contribution in [1.82, 2.24) is 19.6 Å². The van der Waals surface area contributed by atoms with Crippen molar-refractivity contribution in [3.05, 3.63) is 69.9 Å². The van der Waals surface area contributed by atoms with Crippen LogP contribution in [0, 0.1) is 6.92 Å². The molecule has 0 aliphatic heterocycles. The highest BCUT2D eigenvalue weighted by molar-refractivity contribution is 7.92. The largest absolute Gasteiger partial charge is 0.755 e. The maximum atomic E-state index is 13.2. The van der Waals surface area contributed by atoms with Crippen LogP contribution in [0.2, 0.25) is 0 Å². The summed E-state index contributed by atoms with van der Waals surface area (Å²) in [5, 5.41) is 4.75. The number of hydrogen-bond acceptors (Lipinski definition) is 8. The summed E-state index contributed by atoms with van der Waals surface area (Å²) in [5.74, 6) is 1.49. The second kappa shape index (κ2) is 12.0. The summed E-state index contributed by atoms with van der Waals surface area (Å²) >= 11 is -2.44. The average Bonchev–Trinajstić information content (AvgIpc) is 3.57. The van der Waals surface area contributed by atoms with E-state index in [1.165, 1.54) is 0 Å². The van der Waals surface area contributed by atoms with Crippen molar-refractivity contribution >= 4 is 38.2 Å². The molecule has 1 fully saturated rings. The lowest BCUT2D eigenvalue weighted by molar-refractivity contribution is 0.341. The molecule has 0 saturated heterocycles. The minimum Gasteiger partial charge on any atom is -0.755 e. The minimum atomic E-state index is -3.76. The number of hydrogen-bond donors (Lipinski definition) is 3. The number of H-pyrrole nitrogens is 1. The second-order valence-corrected chi connectivity index (χ2v) is 12.5. The van der Waals surface area contributed by atoms with Crippen LogP contribution in [-0.2, 0) is 27.7 Å². The molecule has 12 nitrogen and oxygen atoms in total. The Kier molecular flexibility index (Phi) is 8.42. The highest BCUT2D eigenvalue weighted by Gasteiger charge is 2.25. The molecule has 1 aliphatic carbocycles. The van der Waals surface area contributed by atoms with Crippen LogP contribution >= 0.6 is 0 Å². The highest BCUT2D eigenvalue weighted by atomic mass is 32.2. The van der Waals surface area contributed by atoms with E-state index in [1.54, 1.807) is 53.9 Å². The van der Waals surface area contributed by atoms with Gasteiger partial charge in [-0.2, -0.15) is 0 Å². The van der Waals surface area contributed by atoms with Crippen molar-refractivity contribution in [3.63, 3.8) is 0 Å². The van der Waals surface area contributed by atoms with Crippen molar-refractivity contribution in [2.45, 2.75) is 51.9 Å². The van der Waals surface area contributed by atoms with E-state index in [4.69, 9.17) is 9.84 Å². The Morgan fingerprint density at radius 3 is 2.54 bits per heavy atom. The molecule has 1 unspecified atom stereocenters. The number of benzene rings is 2. The molecular weight excluding hydrogens is 568 g/mol. The topological polar surface area (TPSA) is 171 Å². The van der Waals surface area contributed by atoms with Gasteiger partial charge in [0.25, 0.3) is 5.56 Å². The monoisotopic (exact) mass is 599 g/mol. The van der Waals surface area contributed by atoms with E-state index >= 15 is 0 Å². The van der Waals surface area contributed by atoms with Crippen molar-refractivity contribution in [2.24, 2.45) is 0 Å². The van der Waals surface area contributed by atoms with Crippen LogP contribution in [0.15, 0.2) is 47.3 Å². The van der Waals surface area contributed by atoms with Gasteiger partial charge in [0.2, 0.25) is 10.0 Å². The third-order valence-corrected chi connectivity index (χ3v) is 8.73. The molecule has 2 aromatic heterocycles. The molecule has 1 saturated carbocycles. The Labute approximate surface area is 240 Å². The third kappa shape index (κ3) is 6.60. The van der Waals surface area contributed by atoms with Gasteiger partial charge in [-0.15, -0.1) is 5.10 Å². The molecule has 2 aromatic carbocycles. The average molecular weight is 600 g/mol. The van der Waals surface area contributed by atoms with Crippen molar-refractivity contribution in [3.8, 4) is 17.1 Å². The van der Waals surface area contributed by atoms with Crippen LogP contribution in [0.5, 0.6) is 5.75 Å². The van der Waals surface area contributed by atoms with Gasteiger partial charge < -0.3 is 19.0 Å². The first-order valence-electron chi connectivity index (χ1n) is 13.4. The molecule has 0 spiro atoms. The lowest BCUT2D eigenvalue weighted by Gasteiger charge is -2.14. The zero-order valence-electron chi connectivity index (χ0n) is 22.7. The van der Waals surface area contributed by atoms with E-state index in [9.17, 15) is 22.0 Å². The molecule has 5 rings (SSSR count). The van der Waals surface area contributed by atoms with Gasteiger partial charge in [-0.25, -0.2) is 17.9 Å². The maximum absolute atomic E-state index is 13.2. The number of aromatic nitrogens is 4. The summed E-state index contributed by atoms with van der Waals surface area (Å²) in [7, 11) is -3.76. The van der Waals surface area contributed by atoms with Crippen LogP contribution < -0.4 is 19.7 Å². The molecule has 14 heteroatoms. The number of nitrogens with zero attached hydrogens (tertiary/aromatic N) is 3. The fraction of sp³-hybridized carbons (Fsp3) is 0.370. The molecule has 218 valence electrons. The van der Waals surface area contributed by atoms with Crippen LogP contribution in [0.3, 0.4) is 0 Å². The second-order valence-electron chi connectivity index (χ2n) is 9.95. The molecule has 1 aliphatic rings. The van der Waals surface area contributed by atoms with E-state index < -0.39 is 21.3 Å². The lowest BCUT2D eigenvalue weighted by Crippen LogP contribution is -2.19. The molecular formula is C27H31N6O6S2-. The maximum Gasteiger partial charge on any atom is 0.277 e. The first-order valence-corrected chi connectivity index (χ1v) is 16.1. The van der Waals surface area contributed by atoms with Crippen molar-refractivity contribution in [1.29, 1.82) is 0 Å². The summed E-state index contributed by atoms with van der Waals surface area (Å²) in [6, 6.07) is 11.3. The summed E-state index contributed by atoms with van der Waals surface area (Å²) < 4.78 is 59.7. The number of aryl methyl sites for hydroxylation is 2. The Hall–Kier alpha value is -3.75. The smallest absolute Gasteiger partial charge is 0.277 e. The number of aromatic amines is 1. The zero-order chi connectivity index (χ0) is 29.1. The normalized spacial score (nSPS) is 14.8. The Bertz CT molecular complexity index is 1740. The molecule has 2 heterocycles. The molecule has 0 amide bonds. The Morgan fingerprint density at radius 1 is 1.15 bits per heavy atom. The number of imidazole rings is 1. The fourth-order valence-electron chi connectivity index (χ4n) is 5.14. The predicted octanol–water partition coefficient (Wildman–Crippen LogP) is 3.64. The number of anilines is 2. The summed E-state index contributed by atoms with van der Waals surface area (Å²) in [4.78, 5) is 20.7. The standard InChI is InChI=1S/C27H32N6O6S2/c1-3-39-23-13-12-21(32-41(37,38)15-14-18-8-10-20(11-9-18)31-40(35)36)16-22(23)25-29-27(34)24-17(2)28-26(33(24)30-25)19-6-4-5-7-19/h8-13,16,19,31-32H,3-7,14-15H2,1-2H3,(H,35,36)(H,29,30,34)/p-1. The summed E-state index contributed by atoms with van der Waals surface area (Å²) in [5.41, 5.74) is 2.53. The molecule has 0 bridgehead atoms. The number of nitrogens with one attached hydrogen (secondary N) is 3. The number of sulfonamides is 1. The van der Waals surface area contributed by atoms with Crippen molar-refractivity contribution < 1.29 is 21.9 Å². The van der Waals surface area contributed by atoms with E-state index in [2.05, 4.69) is 19.4 Å². The Morgan fingerprint density at radius 2 is 1.85 bits per heavy atom. The quantitative estimate of drug-likeness (QED) is 0.219. The van der Waals surface area contributed by atoms with Gasteiger partial charge in [0.15, 0.2) is 11.3 Å². The van der Waals surface area contributed by atoms with Gasteiger partial charge in [-0.1, -0.05) is 25.0 Å². The number of rotatable bonds is 11. The third-order valence-electron chi connectivity index (χ3n) is 7.04. The molecule has 1 atom stereocenters. The van der Waals surface area contributed by atoms with Crippen LogP contribution in [0.25, 0.3) is 16.9 Å². The molecule has 4 aromatic rings. The van der Waals surface area contributed by atoms with E-state index in [-0.39, 0.29) is 29.5 Å². The SMILES string of the molecule is CCOc1ccc(NS(=O)(=O)CCc2ccc(NS(=O)[O-])cc2)cc1-c1nn2c(C3CCCC3)nc(C)c2c(=O)[nH]1. The zero-order valence-corrected chi connectivity index (χ0v) is 24.3. The van der Waals surface area contributed by atoms with Gasteiger partial charge in [-0.05, 0) is 69.0 Å². The highest BCUT2D eigenvalue weighted by Crippen LogP contribution is 2.35. The van der Waals surface area contributed by atoms with E-state index in [0.29, 0.717) is 40.5 Å². The summed E-state index contributed by atoms with van der Waals surface area (Å²) in [6.45, 7) is 3.99. The van der Waals surface area contributed by atoms with Crippen LogP contribution in [0.1, 0.15) is 55.6 Å². The van der Waals surface area contributed by atoms with Crippen LogP contribution in [0.4, 0.5) is 11.4 Å².